The summed E-state index contributed by atoms with van der Waals surface area (Å²) >= 11 is 1.86. The number of nitrogens with one attached hydrogen (secondary N) is 2. The van der Waals surface area contributed by atoms with E-state index < -0.39 is 0 Å². The normalized spacial score (nSPS) is 13.1. The van der Waals surface area contributed by atoms with Crippen LogP contribution in [0.3, 0.4) is 0 Å². The van der Waals surface area contributed by atoms with Crippen molar-refractivity contribution in [3.8, 4) is 0 Å². The monoisotopic (exact) mass is 319 g/mol. The van der Waals surface area contributed by atoms with Gasteiger partial charge in [-0.15, -0.1) is 11.3 Å². The van der Waals surface area contributed by atoms with Gasteiger partial charge in [0.2, 0.25) is 0 Å². The van der Waals surface area contributed by atoms with Crippen LogP contribution in [0, 0.1) is 6.92 Å². The van der Waals surface area contributed by atoms with Gasteiger partial charge in [0.15, 0.2) is 5.96 Å². The molecule has 1 unspecified atom stereocenters. The highest BCUT2D eigenvalue weighted by Gasteiger charge is 2.07. The average molecular weight is 319 g/mol. The molecular formula is C17H25N3OS. The van der Waals surface area contributed by atoms with Crippen LogP contribution in [0.1, 0.15) is 29.4 Å². The van der Waals surface area contributed by atoms with Crippen LogP contribution in [0.2, 0.25) is 0 Å². The molecule has 0 fully saturated rings. The lowest BCUT2D eigenvalue weighted by molar-refractivity contribution is 0.510. The van der Waals surface area contributed by atoms with E-state index in [9.17, 15) is 0 Å². The number of hydrogen-bond acceptors (Lipinski definition) is 3. The molecule has 2 aromatic rings. The zero-order chi connectivity index (χ0) is 15.8. The third kappa shape index (κ3) is 5.56. The molecule has 0 spiro atoms. The van der Waals surface area contributed by atoms with Gasteiger partial charge in [-0.1, -0.05) is 0 Å². The molecule has 0 amide bonds. The molecule has 2 aromatic heterocycles. The highest BCUT2D eigenvalue weighted by Crippen LogP contribution is 2.16. The number of aliphatic imine (C=N–C) groups is 1. The van der Waals surface area contributed by atoms with Crippen LogP contribution in [0.15, 0.2) is 39.9 Å². The van der Waals surface area contributed by atoms with Gasteiger partial charge in [-0.2, -0.15) is 0 Å². The summed E-state index contributed by atoms with van der Waals surface area (Å²) in [5.74, 6) is 1.84. The second kappa shape index (κ2) is 8.63. The SMILES string of the molecule is CCNC(=NCCc1ccco1)NC(C)Cc1ccc(C)s1. The number of rotatable bonds is 7. The van der Waals surface area contributed by atoms with E-state index in [2.05, 4.69) is 48.5 Å². The molecular weight excluding hydrogens is 294 g/mol. The molecule has 5 heteroatoms. The predicted octanol–water partition coefficient (Wildman–Crippen LogP) is 3.38. The van der Waals surface area contributed by atoms with Crippen molar-refractivity contribution >= 4 is 17.3 Å². The molecule has 0 saturated carbocycles. The Morgan fingerprint density at radius 1 is 1.36 bits per heavy atom. The van der Waals surface area contributed by atoms with E-state index in [1.54, 1.807) is 6.26 Å². The number of thiophene rings is 1. The van der Waals surface area contributed by atoms with Crippen molar-refractivity contribution in [2.45, 2.75) is 39.7 Å². The maximum absolute atomic E-state index is 5.33. The van der Waals surface area contributed by atoms with E-state index in [0.29, 0.717) is 12.6 Å². The Bertz CT molecular complexity index is 575. The number of guanidine groups is 1. The first-order valence-electron chi connectivity index (χ1n) is 7.80. The molecule has 1 atom stereocenters. The van der Waals surface area contributed by atoms with Gasteiger partial charge in [0.05, 0.1) is 6.26 Å². The van der Waals surface area contributed by atoms with Gasteiger partial charge in [-0.05, 0) is 45.0 Å². The van der Waals surface area contributed by atoms with Gasteiger partial charge in [-0.3, -0.25) is 4.99 Å². The summed E-state index contributed by atoms with van der Waals surface area (Å²) in [4.78, 5) is 7.38. The van der Waals surface area contributed by atoms with Crippen LogP contribution in [-0.4, -0.2) is 25.1 Å². The quantitative estimate of drug-likeness (QED) is 0.607. The van der Waals surface area contributed by atoms with E-state index in [4.69, 9.17) is 4.42 Å². The Morgan fingerprint density at radius 2 is 2.23 bits per heavy atom. The zero-order valence-electron chi connectivity index (χ0n) is 13.6. The fraction of sp³-hybridized carbons (Fsp3) is 0.471. The molecule has 0 radical (unpaired) electrons. The second-order valence-corrected chi connectivity index (χ2v) is 6.72. The molecule has 0 aliphatic heterocycles. The van der Waals surface area contributed by atoms with Gasteiger partial charge in [0.25, 0.3) is 0 Å². The van der Waals surface area contributed by atoms with Crippen molar-refractivity contribution in [1.82, 2.24) is 10.6 Å². The summed E-state index contributed by atoms with van der Waals surface area (Å²) in [6.45, 7) is 7.99. The predicted molar refractivity (Wildman–Crippen MR) is 93.7 cm³/mol. The zero-order valence-corrected chi connectivity index (χ0v) is 14.4. The third-order valence-corrected chi connectivity index (χ3v) is 4.26. The van der Waals surface area contributed by atoms with Gasteiger partial charge in [0.1, 0.15) is 5.76 Å². The molecule has 2 heterocycles. The number of nitrogens with zero attached hydrogens (tertiary/aromatic N) is 1. The van der Waals surface area contributed by atoms with Crippen LogP contribution < -0.4 is 10.6 Å². The Morgan fingerprint density at radius 3 is 2.86 bits per heavy atom. The summed E-state index contributed by atoms with van der Waals surface area (Å²) in [6, 6.07) is 8.62. The van der Waals surface area contributed by atoms with Crippen molar-refractivity contribution in [2.24, 2.45) is 4.99 Å². The maximum atomic E-state index is 5.33. The van der Waals surface area contributed by atoms with E-state index >= 15 is 0 Å². The molecule has 0 aliphatic carbocycles. The third-order valence-electron chi connectivity index (χ3n) is 3.24. The fourth-order valence-electron chi connectivity index (χ4n) is 2.23. The van der Waals surface area contributed by atoms with Crippen molar-refractivity contribution in [1.29, 1.82) is 0 Å². The first-order chi connectivity index (χ1) is 10.7. The van der Waals surface area contributed by atoms with E-state index in [0.717, 1.165) is 31.1 Å². The van der Waals surface area contributed by atoms with Crippen LogP contribution in [-0.2, 0) is 12.8 Å². The molecule has 0 aromatic carbocycles. The lowest BCUT2D eigenvalue weighted by atomic mass is 10.2. The summed E-state index contributed by atoms with van der Waals surface area (Å²) in [5.41, 5.74) is 0. The maximum Gasteiger partial charge on any atom is 0.191 e. The molecule has 2 N–H and O–H groups in total. The molecule has 0 aliphatic rings. The lowest BCUT2D eigenvalue weighted by Gasteiger charge is -2.17. The number of aryl methyl sites for hydroxylation is 1. The van der Waals surface area contributed by atoms with Crippen LogP contribution >= 0.6 is 11.3 Å². The minimum atomic E-state index is 0.347. The molecule has 120 valence electrons. The Kier molecular flexibility index (Phi) is 6.52. The van der Waals surface area contributed by atoms with E-state index in [-0.39, 0.29) is 0 Å². The lowest BCUT2D eigenvalue weighted by Crippen LogP contribution is -2.43. The van der Waals surface area contributed by atoms with Crippen molar-refractivity contribution in [3.05, 3.63) is 46.0 Å². The number of furan rings is 1. The topological polar surface area (TPSA) is 49.6 Å². The van der Waals surface area contributed by atoms with Gasteiger partial charge in [0, 0.05) is 41.7 Å². The Labute approximate surface area is 136 Å². The van der Waals surface area contributed by atoms with Gasteiger partial charge >= 0.3 is 0 Å². The van der Waals surface area contributed by atoms with E-state index in [1.807, 2.05) is 23.5 Å². The largest absolute Gasteiger partial charge is 0.469 e. The minimum absolute atomic E-state index is 0.347. The van der Waals surface area contributed by atoms with Crippen LogP contribution in [0.5, 0.6) is 0 Å². The van der Waals surface area contributed by atoms with Crippen LogP contribution in [0.25, 0.3) is 0 Å². The number of hydrogen-bond donors (Lipinski definition) is 2. The van der Waals surface area contributed by atoms with Crippen LogP contribution in [0.4, 0.5) is 0 Å². The summed E-state index contributed by atoms with van der Waals surface area (Å²) in [6.07, 6.45) is 3.54. The average Bonchev–Trinajstić information content (AvgIpc) is 3.11. The Balaban J connectivity index is 1.83. The highest BCUT2D eigenvalue weighted by atomic mass is 32.1. The van der Waals surface area contributed by atoms with Gasteiger partial charge < -0.3 is 15.1 Å². The molecule has 0 saturated heterocycles. The fourth-order valence-corrected chi connectivity index (χ4v) is 3.25. The summed E-state index contributed by atoms with van der Waals surface area (Å²) in [5, 5.41) is 6.77. The summed E-state index contributed by atoms with van der Waals surface area (Å²) < 4.78 is 5.33. The standard InChI is InChI=1S/C17H25N3OS/c1-4-18-17(19-10-9-15-6-5-11-21-15)20-13(2)12-16-8-7-14(3)22-16/h5-8,11,13H,4,9-10,12H2,1-3H3,(H2,18,19,20). The molecule has 0 bridgehead atoms. The van der Waals surface area contributed by atoms with Crippen molar-refractivity contribution < 1.29 is 4.42 Å². The van der Waals surface area contributed by atoms with Gasteiger partial charge in [-0.25, -0.2) is 0 Å². The summed E-state index contributed by atoms with van der Waals surface area (Å²) in [7, 11) is 0. The second-order valence-electron chi connectivity index (χ2n) is 5.35. The first-order valence-corrected chi connectivity index (χ1v) is 8.61. The smallest absolute Gasteiger partial charge is 0.191 e. The molecule has 4 nitrogen and oxygen atoms in total. The van der Waals surface area contributed by atoms with Crippen molar-refractivity contribution in [2.75, 3.05) is 13.1 Å². The highest BCUT2D eigenvalue weighted by molar-refractivity contribution is 7.11. The minimum Gasteiger partial charge on any atom is -0.469 e. The Hall–Kier alpha value is -1.75. The van der Waals surface area contributed by atoms with Crippen molar-refractivity contribution in [3.63, 3.8) is 0 Å². The first kappa shape index (κ1) is 16.6. The van der Waals surface area contributed by atoms with E-state index in [1.165, 1.54) is 9.75 Å². The molecule has 22 heavy (non-hydrogen) atoms. The molecule has 2 rings (SSSR count).